The third-order valence-electron chi connectivity index (χ3n) is 7.62. The summed E-state index contributed by atoms with van der Waals surface area (Å²) in [5.41, 5.74) is 12.5. The molecule has 0 radical (unpaired) electrons. The molecule has 0 aliphatic rings. The minimum atomic E-state index is 0.813. The molecule has 0 atom stereocenters. The SMILES string of the molecule is c1ccc(C(=C(c2ccccc2)c2ccc(-c3cc(-c4ccccn4)nc(-c4ccccn4)c3)cc2)c2ccccc2)cc1. The number of pyridine rings is 3. The molecule has 7 rings (SSSR count). The first-order chi connectivity index (χ1) is 21.8. The molecule has 3 heteroatoms. The van der Waals surface area contributed by atoms with Gasteiger partial charge in [0.05, 0.1) is 22.8 Å². The van der Waals surface area contributed by atoms with E-state index < -0.39 is 0 Å². The first kappa shape index (κ1) is 26.9. The van der Waals surface area contributed by atoms with Crippen LogP contribution in [0.5, 0.6) is 0 Å². The highest BCUT2D eigenvalue weighted by Crippen LogP contribution is 2.38. The lowest BCUT2D eigenvalue weighted by Crippen LogP contribution is -1.97. The van der Waals surface area contributed by atoms with Crippen molar-refractivity contribution in [2.75, 3.05) is 0 Å². The summed E-state index contributed by atoms with van der Waals surface area (Å²) in [6.07, 6.45) is 3.60. The lowest BCUT2D eigenvalue weighted by Gasteiger charge is -2.18. The fourth-order valence-corrected chi connectivity index (χ4v) is 5.54. The van der Waals surface area contributed by atoms with E-state index in [1.54, 1.807) is 12.4 Å². The fourth-order valence-electron chi connectivity index (χ4n) is 5.54. The standard InChI is InChI=1S/C41H29N3/c1-4-14-31(15-5-1)40(32-16-6-2-7-17-32)41(33-18-8-3-9-19-33)34-24-22-30(23-25-34)35-28-38(36-20-10-12-26-42-36)44-39(29-35)37-21-11-13-27-43-37/h1-29H. The van der Waals surface area contributed by atoms with Crippen molar-refractivity contribution in [1.29, 1.82) is 0 Å². The second kappa shape index (κ2) is 12.5. The number of hydrogen-bond acceptors (Lipinski definition) is 3. The van der Waals surface area contributed by atoms with E-state index in [0.29, 0.717) is 0 Å². The van der Waals surface area contributed by atoms with Gasteiger partial charge in [-0.2, -0.15) is 0 Å². The van der Waals surface area contributed by atoms with Gasteiger partial charge in [0.2, 0.25) is 0 Å². The van der Waals surface area contributed by atoms with Crippen LogP contribution < -0.4 is 0 Å². The van der Waals surface area contributed by atoms with Crippen molar-refractivity contribution >= 4 is 11.1 Å². The molecule has 3 heterocycles. The zero-order valence-corrected chi connectivity index (χ0v) is 24.1. The quantitative estimate of drug-likeness (QED) is 0.181. The van der Waals surface area contributed by atoms with Crippen LogP contribution in [0.2, 0.25) is 0 Å². The van der Waals surface area contributed by atoms with Gasteiger partial charge in [0, 0.05) is 12.4 Å². The van der Waals surface area contributed by atoms with Crippen molar-refractivity contribution in [3.8, 4) is 33.9 Å². The molecule has 0 bridgehead atoms. The molecular weight excluding hydrogens is 534 g/mol. The Morgan fingerprint density at radius 1 is 0.318 bits per heavy atom. The predicted octanol–water partition coefficient (Wildman–Crippen LogP) is 9.88. The minimum Gasteiger partial charge on any atom is -0.255 e. The monoisotopic (exact) mass is 563 g/mol. The van der Waals surface area contributed by atoms with Gasteiger partial charge in [0.15, 0.2) is 0 Å². The lowest BCUT2D eigenvalue weighted by atomic mass is 9.85. The summed E-state index contributed by atoms with van der Waals surface area (Å²) in [4.78, 5) is 14.1. The van der Waals surface area contributed by atoms with Gasteiger partial charge in [-0.05, 0) is 80.9 Å². The second-order valence-electron chi connectivity index (χ2n) is 10.5. The summed E-state index contributed by atoms with van der Waals surface area (Å²) in [6.45, 7) is 0. The zero-order chi connectivity index (χ0) is 29.6. The molecular formula is C41H29N3. The van der Waals surface area contributed by atoms with Crippen LogP contribution in [-0.2, 0) is 0 Å². The van der Waals surface area contributed by atoms with E-state index in [1.807, 2.05) is 36.4 Å². The van der Waals surface area contributed by atoms with E-state index in [2.05, 4.69) is 137 Å². The molecule has 0 unspecified atom stereocenters. The molecule has 0 aliphatic heterocycles. The lowest BCUT2D eigenvalue weighted by molar-refractivity contribution is 1.22. The predicted molar refractivity (Wildman–Crippen MR) is 180 cm³/mol. The third kappa shape index (κ3) is 5.72. The Morgan fingerprint density at radius 2 is 0.705 bits per heavy atom. The highest BCUT2D eigenvalue weighted by Gasteiger charge is 2.17. The Kier molecular flexibility index (Phi) is 7.66. The van der Waals surface area contributed by atoms with Crippen molar-refractivity contribution in [2.24, 2.45) is 0 Å². The van der Waals surface area contributed by atoms with Crippen LogP contribution in [0.1, 0.15) is 22.3 Å². The van der Waals surface area contributed by atoms with E-state index in [-0.39, 0.29) is 0 Å². The first-order valence-corrected chi connectivity index (χ1v) is 14.7. The summed E-state index contributed by atoms with van der Waals surface area (Å²) in [6, 6.07) is 56.8. The van der Waals surface area contributed by atoms with Crippen molar-refractivity contribution < 1.29 is 0 Å². The summed E-state index contributed by atoms with van der Waals surface area (Å²) >= 11 is 0. The largest absolute Gasteiger partial charge is 0.255 e. The molecule has 0 saturated heterocycles. The summed E-state index contributed by atoms with van der Waals surface area (Å²) < 4.78 is 0. The Bertz CT molecular complexity index is 1900. The normalized spacial score (nSPS) is 10.7. The number of nitrogens with zero attached hydrogens (tertiary/aromatic N) is 3. The highest BCUT2D eigenvalue weighted by molar-refractivity contribution is 6.04. The number of aromatic nitrogens is 3. The molecule has 0 saturated carbocycles. The van der Waals surface area contributed by atoms with Crippen molar-refractivity contribution in [3.63, 3.8) is 0 Å². The van der Waals surface area contributed by atoms with Crippen LogP contribution in [0.4, 0.5) is 0 Å². The summed E-state index contributed by atoms with van der Waals surface area (Å²) in [7, 11) is 0. The maximum Gasteiger partial charge on any atom is 0.0900 e. The summed E-state index contributed by atoms with van der Waals surface area (Å²) in [5.74, 6) is 0. The Morgan fingerprint density at radius 3 is 1.09 bits per heavy atom. The van der Waals surface area contributed by atoms with E-state index >= 15 is 0 Å². The van der Waals surface area contributed by atoms with Crippen LogP contribution in [-0.4, -0.2) is 15.0 Å². The molecule has 0 aliphatic carbocycles. The Balaban J connectivity index is 1.40. The smallest absolute Gasteiger partial charge is 0.0900 e. The molecule has 3 nitrogen and oxygen atoms in total. The van der Waals surface area contributed by atoms with Crippen molar-refractivity contribution in [3.05, 3.63) is 198 Å². The molecule has 208 valence electrons. The number of hydrogen-bond donors (Lipinski definition) is 0. The van der Waals surface area contributed by atoms with E-state index in [1.165, 1.54) is 27.8 Å². The molecule has 0 fully saturated rings. The van der Waals surface area contributed by atoms with Gasteiger partial charge in [-0.1, -0.05) is 127 Å². The van der Waals surface area contributed by atoms with Gasteiger partial charge in [0.1, 0.15) is 0 Å². The van der Waals surface area contributed by atoms with Gasteiger partial charge in [-0.25, -0.2) is 4.98 Å². The third-order valence-corrected chi connectivity index (χ3v) is 7.62. The van der Waals surface area contributed by atoms with Crippen LogP contribution in [0.3, 0.4) is 0 Å². The van der Waals surface area contributed by atoms with Crippen molar-refractivity contribution in [2.45, 2.75) is 0 Å². The van der Waals surface area contributed by atoms with E-state index in [9.17, 15) is 0 Å². The summed E-state index contributed by atoms with van der Waals surface area (Å²) in [5, 5.41) is 0. The minimum absolute atomic E-state index is 0.813. The zero-order valence-electron chi connectivity index (χ0n) is 24.1. The van der Waals surface area contributed by atoms with Crippen LogP contribution >= 0.6 is 0 Å². The first-order valence-electron chi connectivity index (χ1n) is 14.7. The molecule has 7 aromatic rings. The van der Waals surface area contributed by atoms with E-state index in [4.69, 9.17) is 4.98 Å². The highest BCUT2D eigenvalue weighted by atomic mass is 14.8. The average Bonchev–Trinajstić information content (AvgIpc) is 3.12. The van der Waals surface area contributed by atoms with E-state index in [0.717, 1.165) is 39.5 Å². The number of rotatable bonds is 7. The fraction of sp³-hybridized carbons (Fsp3) is 0. The van der Waals surface area contributed by atoms with Gasteiger partial charge >= 0.3 is 0 Å². The van der Waals surface area contributed by atoms with Crippen LogP contribution in [0.15, 0.2) is 176 Å². The molecule has 4 aromatic carbocycles. The maximum atomic E-state index is 4.94. The molecule has 0 spiro atoms. The molecule has 0 N–H and O–H groups in total. The molecule has 44 heavy (non-hydrogen) atoms. The van der Waals surface area contributed by atoms with Crippen molar-refractivity contribution in [1.82, 2.24) is 15.0 Å². The van der Waals surface area contributed by atoms with Gasteiger partial charge in [0.25, 0.3) is 0 Å². The van der Waals surface area contributed by atoms with Gasteiger partial charge in [-0.15, -0.1) is 0 Å². The molecule has 3 aromatic heterocycles. The topological polar surface area (TPSA) is 38.7 Å². The maximum absolute atomic E-state index is 4.94. The Hall–Kier alpha value is -5.93. The number of benzene rings is 4. The Labute approximate surface area is 257 Å². The van der Waals surface area contributed by atoms with Crippen LogP contribution in [0, 0.1) is 0 Å². The van der Waals surface area contributed by atoms with Gasteiger partial charge in [-0.3, -0.25) is 9.97 Å². The van der Waals surface area contributed by atoms with Crippen LogP contribution in [0.25, 0.3) is 45.0 Å². The second-order valence-corrected chi connectivity index (χ2v) is 10.5. The average molecular weight is 564 g/mol. The molecule has 0 amide bonds. The van der Waals surface area contributed by atoms with Gasteiger partial charge < -0.3 is 0 Å².